The summed E-state index contributed by atoms with van der Waals surface area (Å²) in [5, 5.41) is 11.5. The molecule has 0 bridgehead atoms. The van der Waals surface area contributed by atoms with Crippen LogP contribution in [0.3, 0.4) is 0 Å². The Morgan fingerprint density at radius 2 is 2.50 bits per heavy atom. The first-order valence-electron chi connectivity index (χ1n) is 5.19. The average molecular weight is 252 g/mol. The summed E-state index contributed by atoms with van der Waals surface area (Å²) in [4.78, 5) is 1.32. The fourth-order valence-electron chi connectivity index (χ4n) is 1.66. The molecule has 0 radical (unpaired) electrons. The third-order valence-corrected chi connectivity index (χ3v) is 4.49. The highest BCUT2D eigenvalue weighted by atomic mass is 32.2. The summed E-state index contributed by atoms with van der Waals surface area (Å²) in [5.41, 5.74) is 3.40. The summed E-state index contributed by atoms with van der Waals surface area (Å²) in [6, 6.07) is 4.67. The fraction of sp³-hybridized carbons (Fsp3) is 0.400. The van der Waals surface area contributed by atoms with Gasteiger partial charge in [0, 0.05) is 23.1 Å². The molecule has 0 amide bonds. The maximum Gasteiger partial charge on any atom is 0.210 e. The van der Waals surface area contributed by atoms with Crippen molar-refractivity contribution in [3.8, 4) is 0 Å². The van der Waals surface area contributed by atoms with Gasteiger partial charge in [0.1, 0.15) is 0 Å². The van der Waals surface area contributed by atoms with Crippen LogP contribution in [0, 0.1) is 0 Å². The highest BCUT2D eigenvalue weighted by Gasteiger charge is 2.20. The van der Waals surface area contributed by atoms with Crippen molar-refractivity contribution in [1.29, 1.82) is 0 Å². The molecule has 1 aliphatic rings. The highest BCUT2D eigenvalue weighted by Crippen LogP contribution is 2.23. The largest absolute Gasteiger partial charge is 0.319 e. The minimum atomic E-state index is 0.468. The minimum absolute atomic E-state index is 0.468. The molecule has 3 heterocycles. The zero-order valence-electron chi connectivity index (χ0n) is 8.88. The quantitative estimate of drug-likeness (QED) is 0.887. The van der Waals surface area contributed by atoms with Gasteiger partial charge in [-0.2, -0.15) is 0 Å². The molecule has 4 nitrogen and oxygen atoms in total. The Kier molecular flexibility index (Phi) is 2.61. The van der Waals surface area contributed by atoms with E-state index in [-0.39, 0.29) is 0 Å². The molecule has 0 saturated carbocycles. The molecule has 2 aromatic rings. The van der Waals surface area contributed by atoms with Crippen molar-refractivity contribution in [2.45, 2.75) is 24.5 Å². The van der Waals surface area contributed by atoms with Crippen LogP contribution in [0.2, 0.25) is 0 Å². The van der Waals surface area contributed by atoms with E-state index in [0.29, 0.717) is 6.04 Å². The second kappa shape index (κ2) is 4.10. The predicted molar refractivity (Wildman–Crippen MR) is 66.7 cm³/mol. The van der Waals surface area contributed by atoms with Crippen LogP contribution in [0.5, 0.6) is 0 Å². The van der Waals surface area contributed by atoms with E-state index in [4.69, 9.17) is 0 Å². The van der Waals surface area contributed by atoms with Crippen LogP contribution in [0.4, 0.5) is 0 Å². The molecule has 1 aliphatic heterocycles. The van der Waals surface area contributed by atoms with Gasteiger partial charge in [-0.25, -0.2) is 4.68 Å². The van der Waals surface area contributed by atoms with Crippen molar-refractivity contribution in [3.05, 3.63) is 28.2 Å². The van der Waals surface area contributed by atoms with Crippen LogP contribution in [0.25, 0.3) is 0 Å². The van der Waals surface area contributed by atoms with Crippen molar-refractivity contribution in [2.75, 3.05) is 11.2 Å². The summed E-state index contributed by atoms with van der Waals surface area (Å²) in [6.07, 6.45) is 0.852. The Hall–Kier alpha value is -1.01. The van der Waals surface area contributed by atoms with Crippen LogP contribution in [-0.4, -0.2) is 26.7 Å². The van der Waals surface area contributed by atoms with Gasteiger partial charge >= 0.3 is 0 Å². The van der Waals surface area contributed by atoms with E-state index in [2.05, 4.69) is 40.1 Å². The fourth-order valence-corrected chi connectivity index (χ4v) is 3.22. The molecule has 84 valence electrons. The lowest BCUT2D eigenvalue weighted by atomic mass is 10.3. The minimum Gasteiger partial charge on any atom is -0.319 e. The number of nitrogens with one attached hydrogen (secondary N) is 1. The first-order chi connectivity index (χ1) is 7.83. The lowest BCUT2D eigenvalue weighted by molar-refractivity contribution is 0.648. The van der Waals surface area contributed by atoms with Gasteiger partial charge in [0.05, 0.1) is 0 Å². The van der Waals surface area contributed by atoms with Gasteiger partial charge in [-0.05, 0) is 18.4 Å². The Balaban J connectivity index is 1.88. The third-order valence-electron chi connectivity index (χ3n) is 2.42. The Morgan fingerprint density at radius 3 is 3.31 bits per heavy atom. The number of hydrogen-bond donors (Lipinski definition) is 1. The number of fused-ring (bicyclic) bond motifs is 1. The standard InChI is InChI=1S/C10H12N4S2/c1-7-6-16-10-12-11-9(14(10)13-7)5-8-3-2-4-15-8/h2-4,7,13H,5-6H2,1H3. The van der Waals surface area contributed by atoms with E-state index in [9.17, 15) is 0 Å². The number of nitrogens with zero attached hydrogens (tertiary/aromatic N) is 3. The normalized spacial score (nSPS) is 19.2. The van der Waals surface area contributed by atoms with E-state index in [1.165, 1.54) is 4.88 Å². The smallest absolute Gasteiger partial charge is 0.210 e. The Bertz CT molecular complexity index is 477. The second-order valence-corrected chi connectivity index (χ2v) is 5.85. The van der Waals surface area contributed by atoms with E-state index in [1.54, 1.807) is 23.1 Å². The van der Waals surface area contributed by atoms with Crippen LogP contribution in [0.15, 0.2) is 22.7 Å². The van der Waals surface area contributed by atoms with Gasteiger partial charge in [0.2, 0.25) is 5.16 Å². The molecule has 0 saturated heterocycles. The topological polar surface area (TPSA) is 42.7 Å². The lowest BCUT2D eigenvalue weighted by Crippen LogP contribution is -2.32. The van der Waals surface area contributed by atoms with Crippen LogP contribution >= 0.6 is 23.1 Å². The number of hydrogen-bond acceptors (Lipinski definition) is 5. The molecule has 1 unspecified atom stereocenters. The molecule has 0 fully saturated rings. The number of rotatable bonds is 2. The van der Waals surface area contributed by atoms with Crippen molar-refractivity contribution >= 4 is 23.1 Å². The van der Waals surface area contributed by atoms with Crippen molar-refractivity contribution < 1.29 is 0 Å². The number of aromatic nitrogens is 3. The van der Waals surface area contributed by atoms with Crippen LogP contribution < -0.4 is 5.43 Å². The lowest BCUT2D eigenvalue weighted by Gasteiger charge is -2.22. The molecule has 0 aliphatic carbocycles. The van der Waals surface area contributed by atoms with Gasteiger partial charge in [0.15, 0.2) is 5.82 Å². The van der Waals surface area contributed by atoms with Crippen molar-refractivity contribution in [3.63, 3.8) is 0 Å². The predicted octanol–water partition coefficient (Wildman–Crippen LogP) is 1.97. The molecule has 0 spiro atoms. The summed E-state index contributed by atoms with van der Waals surface area (Å²) in [5.74, 6) is 2.05. The monoisotopic (exact) mass is 252 g/mol. The summed E-state index contributed by atoms with van der Waals surface area (Å²) in [7, 11) is 0. The SMILES string of the molecule is CC1CSc2nnc(Cc3cccs3)n2N1. The zero-order chi connectivity index (χ0) is 11.0. The molecule has 16 heavy (non-hydrogen) atoms. The van der Waals surface area contributed by atoms with E-state index < -0.39 is 0 Å². The molecule has 1 atom stereocenters. The molecule has 0 aromatic carbocycles. The second-order valence-electron chi connectivity index (χ2n) is 3.83. The number of thioether (sulfide) groups is 1. The van der Waals surface area contributed by atoms with Crippen molar-refractivity contribution in [2.24, 2.45) is 0 Å². The van der Waals surface area contributed by atoms with E-state index in [0.717, 1.165) is 23.2 Å². The number of thiophene rings is 1. The molecule has 1 N–H and O–H groups in total. The van der Waals surface area contributed by atoms with E-state index in [1.807, 2.05) is 4.68 Å². The molecule has 3 rings (SSSR count). The average Bonchev–Trinajstić information content (AvgIpc) is 2.90. The molecule has 2 aromatic heterocycles. The summed E-state index contributed by atoms with van der Waals surface area (Å²) >= 11 is 3.52. The Morgan fingerprint density at radius 1 is 1.56 bits per heavy atom. The van der Waals surface area contributed by atoms with Crippen LogP contribution in [0.1, 0.15) is 17.6 Å². The maximum absolute atomic E-state index is 4.24. The van der Waals surface area contributed by atoms with E-state index >= 15 is 0 Å². The van der Waals surface area contributed by atoms with Crippen LogP contribution in [-0.2, 0) is 6.42 Å². The Labute approximate surface area is 102 Å². The maximum atomic E-state index is 4.24. The van der Waals surface area contributed by atoms with Gasteiger partial charge in [0.25, 0.3) is 0 Å². The zero-order valence-corrected chi connectivity index (χ0v) is 10.5. The summed E-state index contributed by atoms with van der Waals surface area (Å²) in [6.45, 7) is 2.17. The van der Waals surface area contributed by atoms with Crippen molar-refractivity contribution in [1.82, 2.24) is 14.9 Å². The molecular formula is C10H12N4S2. The molecular weight excluding hydrogens is 240 g/mol. The third kappa shape index (κ3) is 1.82. The molecule has 6 heteroatoms. The summed E-state index contributed by atoms with van der Waals surface area (Å²) < 4.78 is 2.03. The first-order valence-corrected chi connectivity index (χ1v) is 7.05. The van der Waals surface area contributed by atoms with Gasteiger partial charge in [-0.15, -0.1) is 21.5 Å². The first kappa shape index (κ1) is 10.2. The van der Waals surface area contributed by atoms with Gasteiger partial charge < -0.3 is 5.43 Å². The van der Waals surface area contributed by atoms with Gasteiger partial charge in [-0.3, -0.25) is 0 Å². The van der Waals surface area contributed by atoms with Gasteiger partial charge in [-0.1, -0.05) is 17.8 Å². The highest BCUT2D eigenvalue weighted by molar-refractivity contribution is 7.99.